The summed E-state index contributed by atoms with van der Waals surface area (Å²) in [6.07, 6.45) is 4.27. The molecule has 2 unspecified atom stereocenters. The van der Waals surface area contributed by atoms with Crippen LogP contribution in [0.5, 0.6) is 0 Å². The van der Waals surface area contributed by atoms with E-state index < -0.39 is 0 Å². The molecule has 1 amide bonds. The summed E-state index contributed by atoms with van der Waals surface area (Å²) in [6, 6.07) is 11.0. The van der Waals surface area contributed by atoms with Gasteiger partial charge in [0.1, 0.15) is 0 Å². The Morgan fingerprint density at radius 1 is 1.32 bits per heavy atom. The van der Waals surface area contributed by atoms with Crippen molar-refractivity contribution >= 4 is 17.7 Å². The Morgan fingerprint density at radius 2 is 2.14 bits per heavy atom. The molecular formula is C21H29N5OS. The van der Waals surface area contributed by atoms with Gasteiger partial charge < -0.3 is 5.32 Å². The molecule has 0 aliphatic carbocycles. The minimum atomic E-state index is 0.140. The molecule has 1 N–H and O–H groups in total. The number of amides is 1. The first kappa shape index (κ1) is 19.5. The van der Waals surface area contributed by atoms with Gasteiger partial charge in [-0.15, -0.1) is 16.9 Å². The van der Waals surface area contributed by atoms with Gasteiger partial charge in [0.05, 0.1) is 18.2 Å². The SMILES string of the molecule is CC(C)NC(=O)[C@H]1CN2CCC1C[C@@H]2Cn1cc(CSc2ccccc2)nn1. The highest BCUT2D eigenvalue weighted by molar-refractivity contribution is 7.98. The minimum absolute atomic E-state index is 0.140. The number of piperidine rings is 3. The van der Waals surface area contributed by atoms with Gasteiger partial charge in [-0.05, 0) is 51.3 Å². The highest BCUT2D eigenvalue weighted by Gasteiger charge is 2.43. The summed E-state index contributed by atoms with van der Waals surface area (Å²) in [4.78, 5) is 16.2. The molecule has 4 heterocycles. The van der Waals surface area contributed by atoms with Crippen molar-refractivity contribution < 1.29 is 4.79 Å². The third-order valence-corrected chi connectivity index (χ3v) is 6.81. The maximum atomic E-state index is 12.5. The van der Waals surface area contributed by atoms with Crippen molar-refractivity contribution in [3.8, 4) is 0 Å². The summed E-state index contributed by atoms with van der Waals surface area (Å²) in [5.41, 5.74) is 1.01. The number of nitrogens with zero attached hydrogens (tertiary/aromatic N) is 4. The molecule has 7 heteroatoms. The zero-order valence-electron chi connectivity index (χ0n) is 16.6. The van der Waals surface area contributed by atoms with Crippen LogP contribution in [0.3, 0.4) is 0 Å². The first-order valence-electron chi connectivity index (χ1n) is 10.2. The molecule has 6 nitrogen and oxygen atoms in total. The number of thioether (sulfide) groups is 1. The molecular weight excluding hydrogens is 370 g/mol. The Kier molecular flexibility index (Phi) is 6.01. The van der Waals surface area contributed by atoms with E-state index in [1.165, 1.54) is 4.90 Å². The molecule has 1 aromatic carbocycles. The van der Waals surface area contributed by atoms with Gasteiger partial charge in [0.2, 0.25) is 5.91 Å². The van der Waals surface area contributed by atoms with Crippen LogP contribution < -0.4 is 5.32 Å². The molecule has 3 aliphatic rings. The fourth-order valence-electron chi connectivity index (χ4n) is 4.40. The zero-order valence-corrected chi connectivity index (χ0v) is 17.4. The second-order valence-corrected chi connectivity index (χ2v) is 9.29. The van der Waals surface area contributed by atoms with Crippen LogP contribution >= 0.6 is 11.8 Å². The van der Waals surface area contributed by atoms with E-state index in [0.717, 1.165) is 43.9 Å². The maximum absolute atomic E-state index is 12.5. The van der Waals surface area contributed by atoms with E-state index >= 15 is 0 Å². The lowest BCUT2D eigenvalue weighted by Gasteiger charge is -2.49. The lowest BCUT2D eigenvalue weighted by Crippen LogP contribution is -2.58. The second-order valence-electron chi connectivity index (χ2n) is 8.24. The molecule has 1 aromatic heterocycles. The van der Waals surface area contributed by atoms with Gasteiger partial charge in [0.15, 0.2) is 0 Å². The Labute approximate surface area is 171 Å². The second kappa shape index (κ2) is 8.66. The van der Waals surface area contributed by atoms with Crippen LogP contribution in [0, 0.1) is 11.8 Å². The van der Waals surface area contributed by atoms with E-state index in [0.29, 0.717) is 12.0 Å². The van der Waals surface area contributed by atoms with Gasteiger partial charge >= 0.3 is 0 Å². The smallest absolute Gasteiger partial charge is 0.224 e. The molecule has 3 saturated heterocycles. The number of carbonyl (C=O) groups is 1. The van der Waals surface area contributed by atoms with Crippen molar-refractivity contribution in [2.45, 2.75) is 56.0 Å². The lowest BCUT2D eigenvalue weighted by molar-refractivity contribution is -0.133. The Balaban J connectivity index is 1.31. The quantitative estimate of drug-likeness (QED) is 0.726. The van der Waals surface area contributed by atoms with Crippen LogP contribution in [0.15, 0.2) is 41.4 Å². The fourth-order valence-corrected chi connectivity index (χ4v) is 5.20. The van der Waals surface area contributed by atoms with Crippen molar-refractivity contribution in [1.29, 1.82) is 0 Å². The standard InChI is InChI=1S/C21H29N5OS/c1-15(2)22-21(27)20-13-25-9-8-16(20)10-18(25)12-26-11-17(23-24-26)14-28-19-6-4-3-5-7-19/h3-7,11,15-16,18,20H,8-10,12-14H2,1-2H3,(H,22,27)/t16?,18-,20+/m1/s1. The van der Waals surface area contributed by atoms with E-state index in [2.05, 4.69) is 51.0 Å². The van der Waals surface area contributed by atoms with Gasteiger partial charge in [-0.2, -0.15) is 0 Å². The summed E-state index contributed by atoms with van der Waals surface area (Å²) in [6.45, 7) is 6.88. The number of nitrogens with one attached hydrogen (secondary N) is 1. The zero-order chi connectivity index (χ0) is 19.5. The molecule has 2 bridgehead atoms. The summed E-state index contributed by atoms with van der Waals surface area (Å²) in [5.74, 6) is 1.69. The van der Waals surface area contributed by atoms with Crippen LogP contribution in [0.4, 0.5) is 0 Å². The number of rotatable bonds is 7. The van der Waals surface area contributed by atoms with Crippen LogP contribution in [0.2, 0.25) is 0 Å². The van der Waals surface area contributed by atoms with E-state index in [-0.39, 0.29) is 17.9 Å². The molecule has 0 spiro atoms. The van der Waals surface area contributed by atoms with Crippen LogP contribution in [-0.2, 0) is 17.1 Å². The highest BCUT2D eigenvalue weighted by atomic mass is 32.2. The molecule has 0 saturated carbocycles. The van der Waals surface area contributed by atoms with E-state index in [1.54, 1.807) is 11.8 Å². The number of benzene rings is 1. The van der Waals surface area contributed by atoms with E-state index in [4.69, 9.17) is 0 Å². The summed E-state index contributed by atoms with van der Waals surface area (Å²) in [7, 11) is 0. The fraction of sp³-hybridized carbons (Fsp3) is 0.571. The van der Waals surface area contributed by atoms with E-state index in [1.807, 2.05) is 24.6 Å². The molecule has 4 atom stereocenters. The largest absolute Gasteiger partial charge is 0.354 e. The summed E-state index contributed by atoms with van der Waals surface area (Å²) >= 11 is 1.78. The number of carbonyl (C=O) groups excluding carboxylic acids is 1. The van der Waals surface area contributed by atoms with Crippen LogP contribution in [0.25, 0.3) is 0 Å². The molecule has 0 radical (unpaired) electrons. The predicted molar refractivity (Wildman–Crippen MR) is 111 cm³/mol. The number of aromatic nitrogens is 3. The molecule has 28 heavy (non-hydrogen) atoms. The minimum Gasteiger partial charge on any atom is -0.354 e. The van der Waals surface area contributed by atoms with Gasteiger partial charge in [0.25, 0.3) is 0 Å². The Morgan fingerprint density at radius 3 is 2.86 bits per heavy atom. The highest BCUT2D eigenvalue weighted by Crippen LogP contribution is 2.37. The molecule has 150 valence electrons. The monoisotopic (exact) mass is 399 g/mol. The van der Waals surface area contributed by atoms with Crippen molar-refractivity contribution in [1.82, 2.24) is 25.2 Å². The number of hydrogen-bond acceptors (Lipinski definition) is 5. The van der Waals surface area contributed by atoms with Crippen LogP contribution in [0.1, 0.15) is 32.4 Å². The molecule has 3 aliphatic heterocycles. The number of fused-ring (bicyclic) bond motifs is 3. The lowest BCUT2D eigenvalue weighted by atomic mass is 9.75. The van der Waals surface area contributed by atoms with Gasteiger partial charge in [0, 0.05) is 35.5 Å². The van der Waals surface area contributed by atoms with Gasteiger partial charge in [-0.3, -0.25) is 14.4 Å². The first-order valence-corrected chi connectivity index (χ1v) is 11.2. The van der Waals surface area contributed by atoms with Gasteiger partial charge in [-0.25, -0.2) is 0 Å². The third kappa shape index (κ3) is 4.58. The van der Waals surface area contributed by atoms with Crippen molar-refractivity contribution in [3.05, 3.63) is 42.2 Å². The van der Waals surface area contributed by atoms with Gasteiger partial charge in [-0.1, -0.05) is 23.4 Å². The average molecular weight is 400 g/mol. The number of hydrogen-bond donors (Lipinski definition) is 1. The third-order valence-electron chi connectivity index (χ3n) is 5.76. The topological polar surface area (TPSA) is 63.1 Å². The molecule has 2 aromatic rings. The first-order chi connectivity index (χ1) is 13.6. The summed E-state index contributed by atoms with van der Waals surface area (Å²) in [5, 5.41) is 11.8. The van der Waals surface area contributed by atoms with Crippen molar-refractivity contribution in [2.75, 3.05) is 13.1 Å². The summed E-state index contributed by atoms with van der Waals surface area (Å²) < 4.78 is 1.98. The van der Waals surface area contributed by atoms with E-state index in [9.17, 15) is 4.79 Å². The molecule has 5 rings (SSSR count). The normalized spacial score (nSPS) is 26.5. The van der Waals surface area contributed by atoms with Crippen LogP contribution in [-0.4, -0.2) is 51.0 Å². The predicted octanol–water partition coefficient (Wildman–Crippen LogP) is 2.81. The Bertz CT molecular complexity index is 793. The maximum Gasteiger partial charge on any atom is 0.224 e. The average Bonchev–Trinajstić information content (AvgIpc) is 3.14. The molecule has 3 fully saturated rings. The Hall–Kier alpha value is -1.86. The van der Waals surface area contributed by atoms with Crippen molar-refractivity contribution in [3.63, 3.8) is 0 Å². The van der Waals surface area contributed by atoms with Crippen molar-refractivity contribution in [2.24, 2.45) is 11.8 Å².